The molecule has 0 aliphatic carbocycles. The quantitative estimate of drug-likeness (QED) is 0.736. The number of hydrogen-bond donors (Lipinski definition) is 2. The lowest BCUT2D eigenvalue weighted by molar-refractivity contribution is 0.0689. The van der Waals surface area contributed by atoms with Crippen molar-refractivity contribution in [3.05, 3.63) is 68.5 Å². The van der Waals surface area contributed by atoms with E-state index in [1.807, 2.05) is 6.92 Å². The van der Waals surface area contributed by atoms with Crippen LogP contribution in [0.3, 0.4) is 0 Å². The van der Waals surface area contributed by atoms with E-state index < -0.39 is 17.2 Å². The van der Waals surface area contributed by atoms with Gasteiger partial charge in [0.05, 0.1) is 16.7 Å². The van der Waals surface area contributed by atoms with E-state index in [2.05, 4.69) is 9.97 Å². The van der Waals surface area contributed by atoms with Crippen LogP contribution in [0.25, 0.3) is 16.7 Å². The molecule has 22 heavy (non-hydrogen) atoms. The number of H-pyrrole nitrogens is 1. The molecule has 0 aliphatic heterocycles. The lowest BCUT2D eigenvalue weighted by Gasteiger charge is -2.11. The minimum atomic E-state index is -1.38. The predicted molar refractivity (Wildman–Crippen MR) is 79.7 cm³/mol. The molecule has 0 radical (unpaired) electrons. The minimum absolute atomic E-state index is 0.106. The maximum absolute atomic E-state index is 11.6. The topological polar surface area (TPSA) is 105 Å². The number of aryl methyl sites for hydroxylation is 1. The van der Waals surface area contributed by atoms with Crippen molar-refractivity contribution in [2.75, 3.05) is 0 Å². The van der Waals surface area contributed by atoms with Crippen molar-refractivity contribution >= 4 is 17.0 Å². The number of aromatic carboxylic acids is 1. The summed E-state index contributed by atoms with van der Waals surface area (Å²) in [5, 5.41) is 8.97. The van der Waals surface area contributed by atoms with Crippen molar-refractivity contribution < 1.29 is 9.90 Å². The van der Waals surface area contributed by atoms with Crippen LogP contribution < -0.4 is 11.0 Å². The monoisotopic (exact) mass is 297 g/mol. The molecule has 0 atom stereocenters. The van der Waals surface area contributed by atoms with E-state index in [1.54, 1.807) is 29.1 Å². The molecule has 0 bridgehead atoms. The van der Waals surface area contributed by atoms with Gasteiger partial charge in [-0.3, -0.25) is 9.59 Å². The van der Waals surface area contributed by atoms with Gasteiger partial charge in [0.1, 0.15) is 0 Å². The third-order valence-electron chi connectivity index (χ3n) is 3.29. The van der Waals surface area contributed by atoms with Gasteiger partial charge in [0.15, 0.2) is 5.43 Å². The lowest BCUT2D eigenvalue weighted by Crippen LogP contribution is -2.20. The summed E-state index contributed by atoms with van der Waals surface area (Å²) in [5.74, 6) is -1.38. The van der Waals surface area contributed by atoms with E-state index in [1.165, 1.54) is 12.1 Å². The normalized spacial score (nSPS) is 10.8. The average molecular weight is 297 g/mol. The number of benzene rings is 1. The summed E-state index contributed by atoms with van der Waals surface area (Å²) in [6.07, 6.45) is 3.22. The van der Waals surface area contributed by atoms with Gasteiger partial charge >= 0.3 is 5.97 Å². The molecular formula is C15H11N3O4. The highest BCUT2D eigenvalue weighted by atomic mass is 16.4. The van der Waals surface area contributed by atoms with Crippen molar-refractivity contribution in [1.82, 2.24) is 14.5 Å². The van der Waals surface area contributed by atoms with Crippen molar-refractivity contribution in [3.63, 3.8) is 0 Å². The number of rotatable bonds is 2. The van der Waals surface area contributed by atoms with E-state index >= 15 is 0 Å². The lowest BCUT2D eigenvalue weighted by atomic mass is 10.1. The Morgan fingerprint density at radius 1 is 1.23 bits per heavy atom. The molecule has 2 heterocycles. The molecule has 0 amide bonds. The molecule has 2 aromatic heterocycles. The number of nitrogens with zero attached hydrogens (tertiary/aromatic N) is 2. The molecule has 0 saturated heterocycles. The van der Waals surface area contributed by atoms with Crippen LogP contribution in [-0.2, 0) is 0 Å². The molecule has 7 heteroatoms. The van der Waals surface area contributed by atoms with Gasteiger partial charge in [-0.2, -0.15) is 0 Å². The molecule has 1 aromatic carbocycles. The average Bonchev–Trinajstić information content (AvgIpc) is 2.47. The number of hydrogen-bond acceptors (Lipinski definition) is 4. The summed E-state index contributed by atoms with van der Waals surface area (Å²) in [4.78, 5) is 40.2. The molecule has 3 rings (SSSR count). The van der Waals surface area contributed by atoms with E-state index in [9.17, 15) is 14.4 Å². The van der Waals surface area contributed by atoms with Crippen LogP contribution in [0.2, 0.25) is 0 Å². The van der Waals surface area contributed by atoms with Crippen LogP contribution in [0.15, 0.2) is 46.2 Å². The highest BCUT2D eigenvalue weighted by Crippen LogP contribution is 2.19. The maximum Gasteiger partial charge on any atom is 0.360 e. The molecule has 0 unspecified atom stereocenters. The number of fused-ring (bicyclic) bond motifs is 1. The van der Waals surface area contributed by atoms with Gasteiger partial charge in [0, 0.05) is 24.5 Å². The third kappa shape index (κ3) is 2.28. The van der Waals surface area contributed by atoms with Gasteiger partial charge in [-0.15, -0.1) is 0 Å². The molecule has 0 spiro atoms. The highest BCUT2D eigenvalue weighted by molar-refractivity contribution is 5.88. The smallest absolute Gasteiger partial charge is 0.360 e. The van der Waals surface area contributed by atoms with E-state index in [-0.39, 0.29) is 5.43 Å². The highest BCUT2D eigenvalue weighted by Gasteiger charge is 2.13. The first-order valence-corrected chi connectivity index (χ1v) is 6.42. The Bertz CT molecular complexity index is 997. The summed E-state index contributed by atoms with van der Waals surface area (Å²) in [5.41, 5.74) is 0.997. The Labute approximate surface area is 123 Å². The summed E-state index contributed by atoms with van der Waals surface area (Å²) in [6.45, 7) is 1.84. The molecule has 7 nitrogen and oxygen atoms in total. The predicted octanol–water partition coefficient (Wildman–Crippen LogP) is 1.08. The number of carboxylic acids is 1. The molecule has 3 aromatic rings. The Kier molecular flexibility index (Phi) is 3.10. The van der Waals surface area contributed by atoms with Crippen molar-refractivity contribution in [3.8, 4) is 5.69 Å². The van der Waals surface area contributed by atoms with Crippen molar-refractivity contribution in [2.45, 2.75) is 6.92 Å². The van der Waals surface area contributed by atoms with Crippen LogP contribution in [0.5, 0.6) is 0 Å². The van der Waals surface area contributed by atoms with E-state index in [0.717, 1.165) is 11.3 Å². The number of aromatic nitrogens is 3. The van der Waals surface area contributed by atoms with Gasteiger partial charge in [0.25, 0.3) is 5.56 Å². The number of carbonyl (C=O) groups is 1. The van der Waals surface area contributed by atoms with E-state index in [4.69, 9.17) is 5.11 Å². The molecule has 2 N–H and O–H groups in total. The Morgan fingerprint density at radius 2 is 1.91 bits per heavy atom. The molecule has 0 fully saturated rings. The first kappa shape index (κ1) is 13.7. The van der Waals surface area contributed by atoms with Gasteiger partial charge < -0.3 is 14.7 Å². The number of carboxylic acid groups (broad SMARTS) is 1. The number of nitrogens with one attached hydrogen (secondary N) is 1. The Morgan fingerprint density at radius 3 is 2.55 bits per heavy atom. The first-order valence-electron chi connectivity index (χ1n) is 6.42. The maximum atomic E-state index is 11.6. The van der Waals surface area contributed by atoms with Crippen LogP contribution >= 0.6 is 0 Å². The van der Waals surface area contributed by atoms with Crippen LogP contribution in [0.4, 0.5) is 0 Å². The molecular weight excluding hydrogens is 286 g/mol. The second-order valence-corrected chi connectivity index (χ2v) is 4.82. The summed E-state index contributed by atoms with van der Waals surface area (Å²) >= 11 is 0. The van der Waals surface area contributed by atoms with Gasteiger partial charge in [-0.05, 0) is 24.6 Å². The number of aromatic amines is 1. The summed E-state index contributed by atoms with van der Waals surface area (Å²) < 4.78 is 1.73. The second-order valence-electron chi connectivity index (χ2n) is 4.82. The zero-order valence-corrected chi connectivity index (χ0v) is 11.5. The Balaban J connectivity index is 2.28. The zero-order chi connectivity index (χ0) is 15.9. The summed E-state index contributed by atoms with van der Waals surface area (Å²) in [7, 11) is 0. The second kappa shape index (κ2) is 4.96. The number of pyridine rings is 1. The third-order valence-corrected chi connectivity index (χ3v) is 3.29. The van der Waals surface area contributed by atoms with Crippen molar-refractivity contribution in [2.24, 2.45) is 0 Å². The van der Waals surface area contributed by atoms with Gasteiger partial charge in [-0.25, -0.2) is 9.78 Å². The van der Waals surface area contributed by atoms with Crippen LogP contribution in [0.1, 0.15) is 16.1 Å². The minimum Gasteiger partial charge on any atom is -0.476 e. The first-order chi connectivity index (χ1) is 10.5. The Hall–Kier alpha value is -3.22. The zero-order valence-electron chi connectivity index (χ0n) is 11.5. The fourth-order valence-electron chi connectivity index (χ4n) is 2.23. The molecule has 110 valence electrons. The van der Waals surface area contributed by atoms with Crippen LogP contribution in [-0.4, -0.2) is 25.6 Å². The fraction of sp³-hybridized carbons (Fsp3) is 0.0667. The molecule has 0 aliphatic rings. The van der Waals surface area contributed by atoms with Gasteiger partial charge in [-0.1, -0.05) is 0 Å². The van der Waals surface area contributed by atoms with Crippen molar-refractivity contribution in [1.29, 1.82) is 0 Å². The van der Waals surface area contributed by atoms with E-state index in [0.29, 0.717) is 11.0 Å². The van der Waals surface area contributed by atoms with Crippen LogP contribution in [0, 0.1) is 6.92 Å². The fourth-order valence-corrected chi connectivity index (χ4v) is 2.23. The molecule has 0 saturated carbocycles. The largest absolute Gasteiger partial charge is 0.476 e. The summed E-state index contributed by atoms with van der Waals surface area (Å²) in [6, 6.07) is 6.22. The SMILES string of the molecule is Cc1cc2[nH]c(=O)c(C(=O)O)nc2cc1-n1ccc(=O)cc1. The standard InChI is InChI=1S/C15H11N3O4/c1-8-6-10-11(16-13(15(21)22)14(20)17-10)7-12(8)18-4-2-9(19)3-5-18/h2-7H,1H3,(H,17,20)(H,21,22). The van der Waals surface area contributed by atoms with Gasteiger partial charge in [0.2, 0.25) is 5.69 Å².